The summed E-state index contributed by atoms with van der Waals surface area (Å²) in [5, 5.41) is 0. The molecular weight excluding hydrogens is 136 g/mol. The van der Waals surface area contributed by atoms with Gasteiger partial charge in [-0.2, -0.15) is 0 Å². The minimum Gasteiger partial charge on any atom is -0.399 e. The Morgan fingerprint density at radius 2 is 1.55 bits per heavy atom. The van der Waals surface area contributed by atoms with Crippen LogP contribution in [0.15, 0.2) is 37.1 Å². The van der Waals surface area contributed by atoms with Gasteiger partial charge in [0.25, 0.3) is 0 Å². The van der Waals surface area contributed by atoms with E-state index in [2.05, 4.69) is 18.9 Å². The first-order chi connectivity index (χ1) is 5.31. The van der Waals surface area contributed by atoms with Crippen molar-refractivity contribution in [3.8, 4) is 0 Å². The van der Waals surface area contributed by atoms with Crippen LogP contribution in [0.25, 0.3) is 0 Å². The lowest BCUT2D eigenvalue weighted by molar-refractivity contribution is 1.44. The molecule has 2 nitrogen and oxygen atoms in total. The van der Waals surface area contributed by atoms with Crippen molar-refractivity contribution >= 4 is 0 Å². The summed E-state index contributed by atoms with van der Waals surface area (Å²) in [5.41, 5.74) is 10.4. The number of hydrogen-bond donors (Lipinski definition) is 2. The number of hydrogen-bond acceptors (Lipinski definition) is 2. The molecule has 0 spiro atoms. The van der Waals surface area contributed by atoms with E-state index in [0.29, 0.717) is 5.70 Å². The molecule has 0 aromatic heterocycles. The lowest BCUT2D eigenvalue weighted by Crippen LogP contribution is -1.89. The Hall–Kier alpha value is -1.02. The number of nitrogens with two attached hydrogens (primary N) is 2. The van der Waals surface area contributed by atoms with Crippen molar-refractivity contribution in [1.82, 2.24) is 0 Å². The van der Waals surface area contributed by atoms with Gasteiger partial charge in [-0.25, -0.2) is 0 Å². The highest BCUT2D eigenvalue weighted by molar-refractivity contribution is 5.16. The molecule has 0 saturated carbocycles. The van der Waals surface area contributed by atoms with Crippen molar-refractivity contribution in [2.45, 2.75) is 13.8 Å². The van der Waals surface area contributed by atoms with E-state index >= 15 is 0 Å². The molecule has 0 unspecified atom stereocenters. The second kappa shape index (κ2) is 23.1. The first-order valence-electron chi connectivity index (χ1n) is 3.59. The van der Waals surface area contributed by atoms with Gasteiger partial charge in [-0.05, 0) is 19.2 Å². The lowest BCUT2D eigenvalue weighted by atomic mass is 10.4. The molecule has 66 valence electrons. The molecule has 0 aromatic carbocycles. The van der Waals surface area contributed by atoms with Crippen LogP contribution in [0.3, 0.4) is 0 Å². The highest BCUT2D eigenvalue weighted by Gasteiger charge is 1.69. The molecule has 0 fully saturated rings. The van der Waals surface area contributed by atoms with Crippen LogP contribution >= 0.6 is 0 Å². The third-order valence-corrected chi connectivity index (χ3v) is 0.546. The molecule has 0 aliphatic rings. The van der Waals surface area contributed by atoms with Gasteiger partial charge in [0.15, 0.2) is 0 Å². The SMILES string of the molecule is C=C/C=C(/N)C=C.CC.CN. The quantitative estimate of drug-likeness (QED) is 0.599. The van der Waals surface area contributed by atoms with Crippen LogP contribution in [0.5, 0.6) is 0 Å². The monoisotopic (exact) mass is 156 g/mol. The van der Waals surface area contributed by atoms with Gasteiger partial charge in [0.05, 0.1) is 0 Å². The van der Waals surface area contributed by atoms with Gasteiger partial charge in [0.1, 0.15) is 0 Å². The third-order valence-electron chi connectivity index (χ3n) is 0.546. The van der Waals surface area contributed by atoms with Crippen LogP contribution in [-0.2, 0) is 0 Å². The van der Waals surface area contributed by atoms with Crippen molar-refractivity contribution in [2.24, 2.45) is 11.5 Å². The highest BCUT2D eigenvalue weighted by atomic mass is 14.5. The molecule has 0 rings (SSSR count). The molecule has 0 bridgehead atoms. The van der Waals surface area contributed by atoms with E-state index < -0.39 is 0 Å². The first kappa shape index (κ1) is 16.5. The van der Waals surface area contributed by atoms with Crippen molar-refractivity contribution < 1.29 is 0 Å². The van der Waals surface area contributed by atoms with E-state index in [-0.39, 0.29) is 0 Å². The zero-order chi connectivity index (χ0) is 9.70. The van der Waals surface area contributed by atoms with E-state index in [9.17, 15) is 0 Å². The summed E-state index contributed by atoms with van der Waals surface area (Å²) in [6.07, 6.45) is 4.88. The first-order valence-corrected chi connectivity index (χ1v) is 3.59. The molecular formula is C9H20N2. The molecule has 0 radical (unpaired) electrons. The second-order valence-corrected chi connectivity index (χ2v) is 1.11. The van der Waals surface area contributed by atoms with E-state index in [1.54, 1.807) is 18.2 Å². The molecule has 0 heterocycles. The molecule has 0 amide bonds. The van der Waals surface area contributed by atoms with Crippen molar-refractivity contribution in [2.75, 3.05) is 7.05 Å². The Labute approximate surface area is 70.3 Å². The third kappa shape index (κ3) is 27.6. The van der Waals surface area contributed by atoms with Gasteiger partial charge in [-0.3, -0.25) is 0 Å². The molecule has 11 heavy (non-hydrogen) atoms. The average molecular weight is 156 g/mol. The van der Waals surface area contributed by atoms with E-state index in [1.807, 2.05) is 13.8 Å². The van der Waals surface area contributed by atoms with E-state index in [0.717, 1.165) is 0 Å². The molecule has 0 aromatic rings. The van der Waals surface area contributed by atoms with Gasteiger partial charge in [-0.15, -0.1) is 0 Å². The zero-order valence-electron chi connectivity index (χ0n) is 7.80. The fourth-order valence-electron chi connectivity index (χ4n) is 0.204. The zero-order valence-corrected chi connectivity index (χ0v) is 7.80. The predicted octanol–water partition coefficient (Wildman–Crippen LogP) is 1.80. The maximum atomic E-state index is 5.26. The number of rotatable bonds is 2. The van der Waals surface area contributed by atoms with E-state index in [4.69, 9.17) is 5.73 Å². The summed E-state index contributed by atoms with van der Waals surface area (Å²) in [6.45, 7) is 10.9. The summed E-state index contributed by atoms with van der Waals surface area (Å²) in [6, 6.07) is 0. The molecule has 0 saturated heterocycles. The fourth-order valence-corrected chi connectivity index (χ4v) is 0.204. The predicted molar refractivity (Wildman–Crippen MR) is 54.1 cm³/mol. The molecule has 2 heteroatoms. The smallest absolute Gasteiger partial charge is 0.0307 e. The van der Waals surface area contributed by atoms with Gasteiger partial charge in [0, 0.05) is 5.70 Å². The van der Waals surface area contributed by atoms with Crippen LogP contribution in [0, 0.1) is 0 Å². The van der Waals surface area contributed by atoms with Gasteiger partial charge in [0.2, 0.25) is 0 Å². The Morgan fingerprint density at radius 3 is 1.64 bits per heavy atom. The Morgan fingerprint density at radius 1 is 1.18 bits per heavy atom. The fraction of sp³-hybridized carbons (Fsp3) is 0.333. The maximum Gasteiger partial charge on any atom is 0.0307 e. The Bertz CT molecular complexity index is 104. The standard InChI is InChI=1S/C6H9N.C2H6.CH5N/c1-3-5-6(7)4-2;2*1-2/h3-5H,1-2,7H2;1-2H3;2H2,1H3/b6-5+;;. The number of allylic oxidation sites excluding steroid dienone is 3. The summed E-state index contributed by atoms with van der Waals surface area (Å²) in [4.78, 5) is 0. The summed E-state index contributed by atoms with van der Waals surface area (Å²) in [7, 11) is 1.50. The highest BCUT2D eigenvalue weighted by Crippen LogP contribution is 1.81. The molecule has 0 aliphatic carbocycles. The van der Waals surface area contributed by atoms with Crippen molar-refractivity contribution in [1.29, 1.82) is 0 Å². The van der Waals surface area contributed by atoms with Crippen molar-refractivity contribution in [3.63, 3.8) is 0 Å². The topological polar surface area (TPSA) is 52.0 Å². The Kier molecular flexibility index (Phi) is 34.6. The minimum atomic E-state index is 0.648. The summed E-state index contributed by atoms with van der Waals surface area (Å²) >= 11 is 0. The molecule has 0 atom stereocenters. The molecule has 4 N–H and O–H groups in total. The van der Waals surface area contributed by atoms with Gasteiger partial charge < -0.3 is 11.5 Å². The van der Waals surface area contributed by atoms with Crippen LogP contribution in [0.2, 0.25) is 0 Å². The normalized spacial score (nSPS) is 7.82. The summed E-state index contributed by atoms with van der Waals surface area (Å²) < 4.78 is 0. The van der Waals surface area contributed by atoms with Crippen LogP contribution < -0.4 is 11.5 Å². The van der Waals surface area contributed by atoms with E-state index in [1.165, 1.54) is 7.05 Å². The maximum absolute atomic E-state index is 5.26. The van der Waals surface area contributed by atoms with Crippen LogP contribution in [0.4, 0.5) is 0 Å². The van der Waals surface area contributed by atoms with Crippen LogP contribution in [0.1, 0.15) is 13.8 Å². The van der Waals surface area contributed by atoms with Gasteiger partial charge in [-0.1, -0.05) is 33.1 Å². The van der Waals surface area contributed by atoms with Gasteiger partial charge >= 0.3 is 0 Å². The van der Waals surface area contributed by atoms with Crippen molar-refractivity contribution in [3.05, 3.63) is 37.1 Å². The van der Waals surface area contributed by atoms with Crippen LogP contribution in [-0.4, -0.2) is 7.05 Å². The molecule has 0 aliphatic heterocycles. The largest absolute Gasteiger partial charge is 0.399 e. The average Bonchev–Trinajstić information content (AvgIpc) is 2.12. The lowest BCUT2D eigenvalue weighted by Gasteiger charge is -1.81. The summed E-state index contributed by atoms with van der Waals surface area (Å²) in [5.74, 6) is 0. The Balaban J connectivity index is -0.000000138. The second-order valence-electron chi connectivity index (χ2n) is 1.11. The minimum absolute atomic E-state index is 0.648.